The van der Waals surface area contributed by atoms with Crippen molar-refractivity contribution in [1.29, 1.82) is 0 Å². The SMILES string of the molecule is O=C(NCC1CCOCC1)Oc1cc(Cl)nc2c(Br)cnn12. The van der Waals surface area contributed by atoms with E-state index in [1.54, 1.807) is 6.20 Å². The van der Waals surface area contributed by atoms with Crippen molar-refractivity contribution >= 4 is 39.3 Å². The second-order valence-electron chi connectivity index (χ2n) is 4.97. The van der Waals surface area contributed by atoms with Crippen LogP contribution in [0.2, 0.25) is 5.15 Å². The number of nitrogens with one attached hydrogen (secondary N) is 1. The summed E-state index contributed by atoms with van der Waals surface area (Å²) in [6, 6.07) is 1.45. The first-order chi connectivity index (χ1) is 10.6. The van der Waals surface area contributed by atoms with Gasteiger partial charge in [0.25, 0.3) is 0 Å². The summed E-state index contributed by atoms with van der Waals surface area (Å²) in [5.41, 5.74) is 0.486. The van der Waals surface area contributed by atoms with E-state index in [1.807, 2.05) is 0 Å². The van der Waals surface area contributed by atoms with Crippen LogP contribution in [0.3, 0.4) is 0 Å². The van der Waals surface area contributed by atoms with Crippen LogP contribution >= 0.6 is 27.5 Å². The molecule has 7 nitrogen and oxygen atoms in total. The second-order valence-corrected chi connectivity index (χ2v) is 6.21. The minimum atomic E-state index is -0.540. The number of carbonyl (C=O) groups excluding carboxylic acids is 1. The predicted molar refractivity (Wildman–Crippen MR) is 83.3 cm³/mol. The quantitative estimate of drug-likeness (QED) is 0.817. The molecule has 0 aromatic carbocycles. The number of hydrogen-bond donors (Lipinski definition) is 1. The lowest BCUT2D eigenvalue weighted by molar-refractivity contribution is 0.0662. The molecule has 0 unspecified atom stereocenters. The molecule has 9 heteroatoms. The Bertz CT molecular complexity index is 687. The molecule has 22 heavy (non-hydrogen) atoms. The Morgan fingerprint density at radius 1 is 1.55 bits per heavy atom. The largest absolute Gasteiger partial charge is 0.413 e. The standard InChI is InChI=1S/C13H14BrClN4O3/c14-9-7-17-19-11(5-10(15)18-12(9)19)22-13(20)16-6-8-1-3-21-4-2-8/h5,7-8H,1-4,6H2,(H,16,20). The maximum absolute atomic E-state index is 11.9. The fourth-order valence-electron chi connectivity index (χ4n) is 2.26. The molecule has 3 rings (SSSR count). The highest BCUT2D eigenvalue weighted by atomic mass is 79.9. The van der Waals surface area contributed by atoms with Crippen LogP contribution in [0.4, 0.5) is 4.79 Å². The Morgan fingerprint density at radius 2 is 2.32 bits per heavy atom. The van der Waals surface area contributed by atoms with Crippen LogP contribution in [0.15, 0.2) is 16.7 Å². The van der Waals surface area contributed by atoms with Gasteiger partial charge in [-0.1, -0.05) is 11.6 Å². The third kappa shape index (κ3) is 3.50. The van der Waals surface area contributed by atoms with Crippen LogP contribution in [0.1, 0.15) is 12.8 Å². The Morgan fingerprint density at radius 3 is 3.09 bits per heavy atom. The van der Waals surface area contributed by atoms with E-state index in [1.165, 1.54) is 10.6 Å². The molecule has 1 aliphatic heterocycles. The van der Waals surface area contributed by atoms with Crippen molar-refractivity contribution in [3.8, 4) is 5.88 Å². The normalized spacial score (nSPS) is 15.9. The summed E-state index contributed by atoms with van der Waals surface area (Å²) < 4.78 is 12.6. The minimum absolute atomic E-state index is 0.213. The lowest BCUT2D eigenvalue weighted by atomic mass is 10.0. The van der Waals surface area contributed by atoms with E-state index in [2.05, 4.69) is 31.3 Å². The van der Waals surface area contributed by atoms with Crippen LogP contribution in [0.5, 0.6) is 5.88 Å². The van der Waals surface area contributed by atoms with Gasteiger partial charge in [0.1, 0.15) is 5.15 Å². The molecular formula is C13H14BrClN4O3. The highest BCUT2D eigenvalue weighted by molar-refractivity contribution is 9.10. The molecule has 0 bridgehead atoms. The summed E-state index contributed by atoms with van der Waals surface area (Å²) in [4.78, 5) is 16.1. The van der Waals surface area contributed by atoms with Crippen LogP contribution in [0, 0.1) is 5.92 Å². The van der Waals surface area contributed by atoms with Gasteiger partial charge in [0, 0.05) is 25.8 Å². The number of fused-ring (bicyclic) bond motifs is 1. The van der Waals surface area contributed by atoms with Crippen LogP contribution in [-0.4, -0.2) is 40.4 Å². The van der Waals surface area contributed by atoms with E-state index in [-0.39, 0.29) is 11.0 Å². The van der Waals surface area contributed by atoms with E-state index in [9.17, 15) is 4.79 Å². The van der Waals surface area contributed by atoms with Gasteiger partial charge in [0.15, 0.2) is 5.65 Å². The number of halogens is 2. The molecule has 0 saturated carbocycles. The molecule has 0 radical (unpaired) electrons. The van der Waals surface area contributed by atoms with Crippen molar-refractivity contribution < 1.29 is 14.3 Å². The number of ether oxygens (including phenoxy) is 2. The monoisotopic (exact) mass is 388 g/mol. The van der Waals surface area contributed by atoms with Crippen LogP contribution in [-0.2, 0) is 4.74 Å². The molecule has 1 saturated heterocycles. The third-order valence-electron chi connectivity index (χ3n) is 3.44. The van der Waals surface area contributed by atoms with E-state index < -0.39 is 6.09 Å². The molecule has 118 valence electrons. The van der Waals surface area contributed by atoms with Crippen molar-refractivity contribution in [2.45, 2.75) is 12.8 Å². The molecule has 1 fully saturated rings. The Hall–Kier alpha value is -1.38. The molecule has 0 atom stereocenters. The maximum atomic E-state index is 11.9. The van der Waals surface area contributed by atoms with Gasteiger partial charge >= 0.3 is 6.09 Å². The summed E-state index contributed by atoms with van der Waals surface area (Å²) in [7, 11) is 0. The van der Waals surface area contributed by atoms with Gasteiger partial charge in [-0.3, -0.25) is 0 Å². The first kappa shape index (κ1) is 15.5. The average Bonchev–Trinajstić information content (AvgIpc) is 2.88. The Labute approximate surface area is 140 Å². The first-order valence-corrected chi connectivity index (χ1v) is 8.04. The van der Waals surface area contributed by atoms with Crippen molar-refractivity contribution in [1.82, 2.24) is 19.9 Å². The summed E-state index contributed by atoms with van der Waals surface area (Å²) in [6.07, 6.45) is 2.91. The first-order valence-electron chi connectivity index (χ1n) is 6.86. The van der Waals surface area contributed by atoms with Crippen LogP contribution in [0.25, 0.3) is 5.65 Å². The van der Waals surface area contributed by atoms with Gasteiger partial charge in [-0.05, 0) is 34.7 Å². The number of aromatic nitrogens is 3. The molecule has 2 aromatic rings. The van der Waals surface area contributed by atoms with E-state index in [0.717, 1.165) is 26.1 Å². The number of rotatable bonds is 3. The number of nitrogens with zero attached hydrogens (tertiary/aromatic N) is 3. The van der Waals surface area contributed by atoms with E-state index in [4.69, 9.17) is 21.1 Å². The fourth-order valence-corrected chi connectivity index (χ4v) is 2.78. The van der Waals surface area contributed by atoms with Gasteiger partial charge in [0.2, 0.25) is 5.88 Å². The van der Waals surface area contributed by atoms with Gasteiger partial charge in [-0.2, -0.15) is 9.61 Å². The van der Waals surface area contributed by atoms with E-state index >= 15 is 0 Å². The van der Waals surface area contributed by atoms with Crippen molar-refractivity contribution in [2.24, 2.45) is 5.92 Å². The summed E-state index contributed by atoms with van der Waals surface area (Å²) >= 11 is 9.25. The fraction of sp³-hybridized carbons (Fsp3) is 0.462. The van der Waals surface area contributed by atoms with E-state index in [0.29, 0.717) is 22.6 Å². The molecule has 1 N–H and O–H groups in total. The highest BCUT2D eigenvalue weighted by Gasteiger charge is 2.17. The topological polar surface area (TPSA) is 77.8 Å². The zero-order chi connectivity index (χ0) is 15.5. The van der Waals surface area contributed by atoms with Gasteiger partial charge < -0.3 is 14.8 Å². The molecular weight excluding hydrogens is 376 g/mol. The molecule has 3 heterocycles. The third-order valence-corrected chi connectivity index (χ3v) is 4.19. The molecule has 0 aliphatic carbocycles. The summed E-state index contributed by atoms with van der Waals surface area (Å²) in [6.45, 7) is 2.04. The summed E-state index contributed by atoms with van der Waals surface area (Å²) in [5, 5.41) is 7.07. The molecule has 0 spiro atoms. The molecule has 2 aromatic heterocycles. The van der Waals surface area contributed by atoms with Crippen LogP contribution < -0.4 is 10.1 Å². The predicted octanol–water partition coefficient (Wildman–Crippen LogP) is 2.66. The van der Waals surface area contributed by atoms with Crippen molar-refractivity contribution in [3.05, 3.63) is 21.9 Å². The minimum Gasteiger partial charge on any atom is -0.391 e. The number of amides is 1. The van der Waals surface area contributed by atoms with Gasteiger partial charge in [-0.25, -0.2) is 9.78 Å². The number of carbonyl (C=O) groups is 1. The van der Waals surface area contributed by atoms with Gasteiger partial charge in [-0.15, -0.1) is 0 Å². The smallest absolute Gasteiger partial charge is 0.391 e. The molecule has 1 aliphatic rings. The summed E-state index contributed by atoms with van der Waals surface area (Å²) in [5.74, 6) is 0.631. The second kappa shape index (κ2) is 6.80. The zero-order valence-corrected chi connectivity index (χ0v) is 13.9. The lowest BCUT2D eigenvalue weighted by Gasteiger charge is -2.21. The Balaban J connectivity index is 1.66. The highest BCUT2D eigenvalue weighted by Crippen LogP contribution is 2.23. The molecule has 1 amide bonds. The average molecular weight is 390 g/mol. The van der Waals surface area contributed by atoms with Crippen molar-refractivity contribution in [2.75, 3.05) is 19.8 Å². The zero-order valence-electron chi connectivity index (χ0n) is 11.6. The van der Waals surface area contributed by atoms with Gasteiger partial charge in [0.05, 0.1) is 10.7 Å². The van der Waals surface area contributed by atoms with Crippen molar-refractivity contribution in [3.63, 3.8) is 0 Å². The lowest BCUT2D eigenvalue weighted by Crippen LogP contribution is -2.34. The Kier molecular flexibility index (Phi) is 4.80. The number of hydrogen-bond acceptors (Lipinski definition) is 5. The maximum Gasteiger partial charge on any atom is 0.413 e.